The standard InChI is InChI=1S/C14H15N3O3/c1-10-8-11(13-15-4-2-5-16-13)12(17-9-10)14(19)20-7-3-6-18/h2,4-5,8-9,18H,3,6-7H2,1H3. The molecule has 0 fully saturated rings. The summed E-state index contributed by atoms with van der Waals surface area (Å²) in [7, 11) is 0. The first-order valence-corrected chi connectivity index (χ1v) is 6.24. The largest absolute Gasteiger partial charge is 0.461 e. The van der Waals surface area contributed by atoms with E-state index in [-0.39, 0.29) is 18.9 Å². The molecule has 6 heteroatoms. The number of esters is 1. The predicted octanol–water partition coefficient (Wildman–Crippen LogP) is 1.39. The van der Waals surface area contributed by atoms with E-state index in [0.29, 0.717) is 17.8 Å². The summed E-state index contributed by atoms with van der Waals surface area (Å²) in [5.74, 6) is -0.112. The van der Waals surface area contributed by atoms with E-state index < -0.39 is 5.97 Å². The SMILES string of the molecule is Cc1cnc(C(=O)OCCCO)c(-c2ncccn2)c1. The molecule has 0 aliphatic rings. The second-order valence-electron chi connectivity index (χ2n) is 4.19. The lowest BCUT2D eigenvalue weighted by Crippen LogP contribution is -2.11. The lowest BCUT2D eigenvalue weighted by molar-refractivity contribution is 0.0476. The number of aromatic nitrogens is 3. The molecule has 104 valence electrons. The Morgan fingerprint density at radius 1 is 1.30 bits per heavy atom. The maximum absolute atomic E-state index is 12.0. The molecule has 0 spiro atoms. The van der Waals surface area contributed by atoms with Crippen LogP contribution in [-0.2, 0) is 4.74 Å². The molecule has 2 rings (SSSR count). The lowest BCUT2D eigenvalue weighted by atomic mass is 10.1. The van der Waals surface area contributed by atoms with Crippen LogP contribution in [0.1, 0.15) is 22.5 Å². The Bertz CT molecular complexity index is 587. The number of ether oxygens (including phenoxy) is 1. The van der Waals surface area contributed by atoms with Crippen molar-refractivity contribution in [3.63, 3.8) is 0 Å². The van der Waals surface area contributed by atoms with Gasteiger partial charge in [0, 0.05) is 31.6 Å². The minimum Gasteiger partial charge on any atom is -0.461 e. The number of nitrogens with zero attached hydrogens (tertiary/aromatic N) is 3. The van der Waals surface area contributed by atoms with Crippen LogP contribution in [-0.4, -0.2) is 39.2 Å². The van der Waals surface area contributed by atoms with E-state index in [1.807, 2.05) is 6.92 Å². The lowest BCUT2D eigenvalue weighted by Gasteiger charge is -2.08. The molecule has 6 nitrogen and oxygen atoms in total. The van der Waals surface area contributed by atoms with Gasteiger partial charge in [0.05, 0.1) is 12.2 Å². The third kappa shape index (κ3) is 3.36. The van der Waals surface area contributed by atoms with Crippen LogP contribution in [0.5, 0.6) is 0 Å². The minimum atomic E-state index is -0.541. The van der Waals surface area contributed by atoms with E-state index in [4.69, 9.17) is 9.84 Å². The van der Waals surface area contributed by atoms with Crippen LogP contribution in [0.3, 0.4) is 0 Å². The molecular weight excluding hydrogens is 258 g/mol. The second-order valence-corrected chi connectivity index (χ2v) is 4.19. The van der Waals surface area contributed by atoms with Crippen molar-refractivity contribution in [3.8, 4) is 11.4 Å². The van der Waals surface area contributed by atoms with Gasteiger partial charge in [-0.25, -0.2) is 19.7 Å². The van der Waals surface area contributed by atoms with Crippen molar-refractivity contribution in [3.05, 3.63) is 42.0 Å². The smallest absolute Gasteiger partial charge is 0.357 e. The van der Waals surface area contributed by atoms with E-state index in [1.165, 1.54) is 0 Å². The molecule has 0 atom stereocenters. The van der Waals surface area contributed by atoms with E-state index in [2.05, 4.69) is 15.0 Å². The summed E-state index contributed by atoms with van der Waals surface area (Å²) in [5.41, 5.74) is 1.62. The Hall–Kier alpha value is -2.34. The highest BCUT2D eigenvalue weighted by molar-refractivity contribution is 5.94. The number of aliphatic hydroxyl groups is 1. The average molecular weight is 273 g/mol. The Morgan fingerprint density at radius 2 is 2.05 bits per heavy atom. The number of aliphatic hydroxyl groups excluding tert-OH is 1. The van der Waals surface area contributed by atoms with Crippen LogP contribution in [0.15, 0.2) is 30.7 Å². The normalized spacial score (nSPS) is 10.3. The molecule has 0 aliphatic carbocycles. The first-order valence-electron chi connectivity index (χ1n) is 6.24. The third-order valence-electron chi connectivity index (χ3n) is 2.56. The molecule has 0 unspecified atom stereocenters. The number of carbonyl (C=O) groups excluding carboxylic acids is 1. The monoisotopic (exact) mass is 273 g/mol. The molecule has 2 heterocycles. The summed E-state index contributed by atoms with van der Waals surface area (Å²) < 4.78 is 5.05. The number of rotatable bonds is 5. The van der Waals surface area contributed by atoms with Crippen molar-refractivity contribution < 1.29 is 14.6 Å². The maximum atomic E-state index is 12.0. The van der Waals surface area contributed by atoms with Crippen molar-refractivity contribution in [2.75, 3.05) is 13.2 Å². The van der Waals surface area contributed by atoms with Gasteiger partial charge < -0.3 is 9.84 Å². The number of carbonyl (C=O) groups is 1. The van der Waals surface area contributed by atoms with Crippen molar-refractivity contribution >= 4 is 5.97 Å². The van der Waals surface area contributed by atoms with Crippen LogP contribution < -0.4 is 0 Å². The second kappa shape index (κ2) is 6.72. The zero-order valence-electron chi connectivity index (χ0n) is 11.1. The van der Waals surface area contributed by atoms with E-state index >= 15 is 0 Å². The summed E-state index contributed by atoms with van der Waals surface area (Å²) in [6, 6.07) is 3.50. The van der Waals surface area contributed by atoms with Gasteiger partial charge in [0.25, 0.3) is 0 Å². The molecule has 0 amide bonds. The molecule has 0 saturated heterocycles. The predicted molar refractivity (Wildman–Crippen MR) is 72.0 cm³/mol. The number of pyridine rings is 1. The van der Waals surface area contributed by atoms with E-state index in [9.17, 15) is 4.79 Å². The Kier molecular flexibility index (Phi) is 4.73. The molecule has 20 heavy (non-hydrogen) atoms. The fraction of sp³-hybridized carbons (Fsp3) is 0.286. The first kappa shape index (κ1) is 14.1. The average Bonchev–Trinajstić information content (AvgIpc) is 2.48. The molecule has 0 aromatic carbocycles. The Morgan fingerprint density at radius 3 is 2.75 bits per heavy atom. The summed E-state index contributed by atoms with van der Waals surface area (Å²) >= 11 is 0. The van der Waals surface area contributed by atoms with Crippen molar-refractivity contribution in [2.45, 2.75) is 13.3 Å². The van der Waals surface area contributed by atoms with Gasteiger partial charge in [-0.05, 0) is 24.6 Å². The van der Waals surface area contributed by atoms with E-state index in [1.54, 1.807) is 30.7 Å². The van der Waals surface area contributed by atoms with Gasteiger partial charge in [-0.2, -0.15) is 0 Å². The topological polar surface area (TPSA) is 85.2 Å². The summed E-state index contributed by atoms with van der Waals surface area (Å²) in [4.78, 5) is 24.4. The number of hydrogen-bond donors (Lipinski definition) is 1. The Balaban J connectivity index is 2.31. The minimum absolute atomic E-state index is 0.0245. The van der Waals surface area contributed by atoms with Gasteiger partial charge in [0.15, 0.2) is 11.5 Å². The molecule has 0 aliphatic heterocycles. The summed E-state index contributed by atoms with van der Waals surface area (Å²) in [5, 5.41) is 8.69. The summed E-state index contributed by atoms with van der Waals surface area (Å²) in [6.45, 7) is 2.00. The highest BCUT2D eigenvalue weighted by Crippen LogP contribution is 2.20. The zero-order valence-corrected chi connectivity index (χ0v) is 11.1. The number of hydrogen-bond acceptors (Lipinski definition) is 6. The van der Waals surface area contributed by atoms with Crippen LogP contribution >= 0.6 is 0 Å². The Labute approximate surface area is 116 Å². The molecule has 0 bridgehead atoms. The van der Waals surface area contributed by atoms with Gasteiger partial charge in [-0.15, -0.1) is 0 Å². The van der Waals surface area contributed by atoms with Gasteiger partial charge in [-0.1, -0.05) is 0 Å². The van der Waals surface area contributed by atoms with Crippen molar-refractivity contribution in [1.82, 2.24) is 15.0 Å². The highest BCUT2D eigenvalue weighted by Gasteiger charge is 2.17. The van der Waals surface area contributed by atoms with Gasteiger partial charge in [-0.3, -0.25) is 0 Å². The van der Waals surface area contributed by atoms with E-state index in [0.717, 1.165) is 5.56 Å². The van der Waals surface area contributed by atoms with Crippen LogP contribution in [0, 0.1) is 6.92 Å². The molecule has 2 aromatic rings. The molecule has 0 radical (unpaired) electrons. The van der Waals surface area contributed by atoms with Gasteiger partial charge in [0.1, 0.15) is 0 Å². The van der Waals surface area contributed by atoms with Crippen LogP contribution in [0.4, 0.5) is 0 Å². The quantitative estimate of drug-likeness (QED) is 0.654. The van der Waals surface area contributed by atoms with Crippen LogP contribution in [0.2, 0.25) is 0 Å². The van der Waals surface area contributed by atoms with Crippen LogP contribution in [0.25, 0.3) is 11.4 Å². The fourth-order valence-corrected chi connectivity index (χ4v) is 1.64. The maximum Gasteiger partial charge on any atom is 0.357 e. The molecule has 1 N–H and O–H groups in total. The molecule has 2 aromatic heterocycles. The fourth-order valence-electron chi connectivity index (χ4n) is 1.64. The van der Waals surface area contributed by atoms with Gasteiger partial charge >= 0.3 is 5.97 Å². The molecular formula is C14H15N3O3. The van der Waals surface area contributed by atoms with Gasteiger partial charge in [0.2, 0.25) is 0 Å². The molecule has 0 saturated carbocycles. The van der Waals surface area contributed by atoms with Crippen molar-refractivity contribution in [1.29, 1.82) is 0 Å². The number of aryl methyl sites for hydroxylation is 1. The van der Waals surface area contributed by atoms with Crippen molar-refractivity contribution in [2.24, 2.45) is 0 Å². The highest BCUT2D eigenvalue weighted by atomic mass is 16.5. The summed E-state index contributed by atoms with van der Waals surface area (Å²) in [6.07, 6.45) is 5.20. The third-order valence-corrected chi connectivity index (χ3v) is 2.56. The zero-order chi connectivity index (χ0) is 14.4. The first-order chi connectivity index (χ1) is 9.72.